The van der Waals surface area contributed by atoms with Crippen LogP contribution in [-0.2, 0) is 4.79 Å². The van der Waals surface area contributed by atoms with Gasteiger partial charge >= 0.3 is 12.4 Å². The van der Waals surface area contributed by atoms with Gasteiger partial charge in [0.25, 0.3) is 5.67 Å². The second-order valence-electron chi connectivity index (χ2n) is 12.6. The van der Waals surface area contributed by atoms with Crippen LogP contribution in [0.5, 0.6) is 0 Å². The summed E-state index contributed by atoms with van der Waals surface area (Å²) in [7, 11) is 0. The highest BCUT2D eigenvalue weighted by Gasteiger charge is 2.71. The van der Waals surface area contributed by atoms with E-state index >= 15 is 4.39 Å². The standard InChI is InChI=1S/C27H36F8O2/c1-14(5-4-8-25(29,26(30,31)32)27(33,34)35)18-13-20(37)22-21-17(7-10-24(18,22)3)23(2)9-6-16(36)11-15(23)12-19(21)28/h14-19,36H,4-13H2,1-3H3/t14-,15-,16+,17+,18-,19-,23+,24-/m1/s1. The Labute approximate surface area is 212 Å². The Bertz CT molecular complexity index is 926. The Balaban J connectivity index is 1.55. The van der Waals surface area contributed by atoms with Gasteiger partial charge < -0.3 is 5.11 Å². The summed E-state index contributed by atoms with van der Waals surface area (Å²) in [5, 5.41) is 10.1. The topological polar surface area (TPSA) is 37.3 Å². The molecule has 0 spiro atoms. The number of carbonyl (C=O) groups is 1. The van der Waals surface area contributed by atoms with Crippen molar-refractivity contribution in [3.05, 3.63) is 11.1 Å². The summed E-state index contributed by atoms with van der Waals surface area (Å²) in [5.74, 6) is -1.10. The molecule has 0 radical (unpaired) electrons. The third kappa shape index (κ3) is 4.45. The SMILES string of the molecule is C[C@H](CCCC(F)(C(F)(F)F)C(F)(F)F)[C@H]1CC(=O)C2=C3[C@H](F)C[C@H]4C[C@@H](O)CC[C@]4(C)[C@H]3CC[C@@]21C. The van der Waals surface area contributed by atoms with Crippen LogP contribution in [0.2, 0.25) is 0 Å². The lowest BCUT2D eigenvalue weighted by molar-refractivity contribution is -0.343. The summed E-state index contributed by atoms with van der Waals surface area (Å²) in [6.45, 7) is 5.67. The second-order valence-corrected chi connectivity index (χ2v) is 12.6. The Morgan fingerprint density at radius 2 is 1.62 bits per heavy atom. The van der Waals surface area contributed by atoms with E-state index in [0.29, 0.717) is 36.8 Å². The van der Waals surface area contributed by atoms with Gasteiger partial charge in [-0.05, 0) is 91.4 Å². The molecule has 212 valence electrons. The number of alkyl halides is 8. The molecule has 0 bridgehead atoms. The summed E-state index contributed by atoms with van der Waals surface area (Å²) in [6.07, 6.45) is -13.0. The molecule has 0 amide bonds. The monoisotopic (exact) mass is 544 g/mol. The third-order valence-corrected chi connectivity index (χ3v) is 10.6. The first kappa shape index (κ1) is 28.8. The van der Waals surface area contributed by atoms with E-state index in [1.165, 1.54) is 0 Å². The zero-order valence-electron chi connectivity index (χ0n) is 21.4. The van der Waals surface area contributed by atoms with Crippen LogP contribution in [0.4, 0.5) is 35.1 Å². The molecule has 4 rings (SSSR count). The highest BCUT2D eigenvalue weighted by Crippen LogP contribution is 2.65. The fourth-order valence-electron chi connectivity index (χ4n) is 8.41. The predicted molar refractivity (Wildman–Crippen MR) is 121 cm³/mol. The highest BCUT2D eigenvalue weighted by atomic mass is 19.4. The molecule has 0 unspecified atom stereocenters. The number of hydrogen-bond donors (Lipinski definition) is 1. The van der Waals surface area contributed by atoms with E-state index in [0.717, 1.165) is 6.42 Å². The van der Waals surface area contributed by atoms with Crippen molar-refractivity contribution in [1.82, 2.24) is 0 Å². The first-order valence-corrected chi connectivity index (χ1v) is 13.3. The molecule has 0 aromatic carbocycles. The van der Waals surface area contributed by atoms with Crippen molar-refractivity contribution < 1.29 is 45.0 Å². The fraction of sp³-hybridized carbons (Fsp3) is 0.889. The van der Waals surface area contributed by atoms with Crippen LogP contribution in [0, 0.1) is 34.5 Å². The van der Waals surface area contributed by atoms with E-state index in [1.807, 2.05) is 6.92 Å². The Kier molecular flexibility index (Phi) is 7.15. The van der Waals surface area contributed by atoms with Gasteiger partial charge in [0.15, 0.2) is 5.78 Å². The molecule has 3 fully saturated rings. The van der Waals surface area contributed by atoms with Crippen LogP contribution in [-0.4, -0.2) is 41.2 Å². The van der Waals surface area contributed by atoms with E-state index in [2.05, 4.69) is 6.92 Å². The Morgan fingerprint density at radius 3 is 2.22 bits per heavy atom. The van der Waals surface area contributed by atoms with Crippen molar-refractivity contribution in [3.63, 3.8) is 0 Å². The largest absolute Gasteiger partial charge is 0.431 e. The molecular formula is C27H36F8O2. The summed E-state index contributed by atoms with van der Waals surface area (Å²) in [6, 6.07) is 0. The number of allylic oxidation sites excluding steroid dienone is 2. The molecule has 4 aliphatic rings. The lowest BCUT2D eigenvalue weighted by Crippen LogP contribution is -2.53. The summed E-state index contributed by atoms with van der Waals surface area (Å²) in [4.78, 5) is 13.3. The first-order chi connectivity index (χ1) is 16.9. The molecule has 0 saturated heterocycles. The quantitative estimate of drug-likeness (QED) is 0.358. The molecule has 0 aliphatic heterocycles. The maximum atomic E-state index is 15.7. The number of fused-ring (bicyclic) bond motifs is 4. The average Bonchev–Trinajstić information content (AvgIpc) is 3.04. The number of hydrogen-bond acceptors (Lipinski definition) is 2. The highest BCUT2D eigenvalue weighted by molar-refractivity contribution is 6.00. The smallest absolute Gasteiger partial charge is 0.393 e. The van der Waals surface area contributed by atoms with Crippen molar-refractivity contribution in [2.24, 2.45) is 34.5 Å². The minimum atomic E-state index is -6.07. The number of Topliss-reactive ketones (excluding diaryl/α,β-unsaturated/α-hetero) is 1. The molecule has 3 saturated carbocycles. The molecule has 0 aromatic heterocycles. The minimum absolute atomic E-state index is 0.0133. The van der Waals surface area contributed by atoms with Crippen LogP contribution in [0.1, 0.15) is 85.0 Å². The normalized spacial score (nSPS) is 39.8. The van der Waals surface area contributed by atoms with Crippen LogP contribution in [0.3, 0.4) is 0 Å². The average molecular weight is 545 g/mol. The van der Waals surface area contributed by atoms with Gasteiger partial charge in [-0.2, -0.15) is 26.3 Å². The molecule has 37 heavy (non-hydrogen) atoms. The van der Waals surface area contributed by atoms with Crippen LogP contribution in [0.15, 0.2) is 11.1 Å². The number of aliphatic hydroxyl groups is 1. The van der Waals surface area contributed by atoms with Crippen molar-refractivity contribution in [2.75, 3.05) is 0 Å². The molecule has 10 heteroatoms. The van der Waals surface area contributed by atoms with E-state index in [-0.39, 0.29) is 48.2 Å². The van der Waals surface area contributed by atoms with Crippen molar-refractivity contribution >= 4 is 5.78 Å². The number of aliphatic hydroxyl groups excluding tert-OH is 1. The fourth-order valence-corrected chi connectivity index (χ4v) is 8.41. The molecule has 1 N–H and O–H groups in total. The molecular weight excluding hydrogens is 508 g/mol. The van der Waals surface area contributed by atoms with Crippen LogP contribution in [0.25, 0.3) is 0 Å². The maximum Gasteiger partial charge on any atom is 0.431 e. The van der Waals surface area contributed by atoms with Gasteiger partial charge in [0, 0.05) is 12.0 Å². The van der Waals surface area contributed by atoms with Gasteiger partial charge in [-0.3, -0.25) is 4.79 Å². The van der Waals surface area contributed by atoms with Gasteiger partial charge in [-0.15, -0.1) is 0 Å². The predicted octanol–water partition coefficient (Wildman–Crippen LogP) is 7.84. The zero-order chi connectivity index (χ0) is 27.8. The van der Waals surface area contributed by atoms with E-state index in [1.54, 1.807) is 6.92 Å². The van der Waals surface area contributed by atoms with Crippen molar-refractivity contribution in [2.45, 2.75) is 115 Å². The molecule has 8 atom stereocenters. The molecule has 0 heterocycles. The van der Waals surface area contributed by atoms with Crippen molar-refractivity contribution in [1.29, 1.82) is 0 Å². The molecule has 4 aliphatic carbocycles. The van der Waals surface area contributed by atoms with Gasteiger partial charge in [-0.25, -0.2) is 8.78 Å². The molecule has 0 aromatic rings. The summed E-state index contributed by atoms with van der Waals surface area (Å²) in [5.41, 5.74) is -5.20. The van der Waals surface area contributed by atoms with Crippen LogP contribution < -0.4 is 0 Å². The summed E-state index contributed by atoms with van der Waals surface area (Å²) >= 11 is 0. The Hall–Kier alpha value is -1.19. The number of halogens is 8. The van der Waals surface area contributed by atoms with Crippen molar-refractivity contribution in [3.8, 4) is 0 Å². The van der Waals surface area contributed by atoms with Gasteiger partial charge in [-0.1, -0.05) is 27.2 Å². The first-order valence-electron chi connectivity index (χ1n) is 13.3. The maximum absolute atomic E-state index is 15.7. The third-order valence-electron chi connectivity index (χ3n) is 10.6. The number of carbonyl (C=O) groups excluding carboxylic acids is 1. The second kappa shape index (κ2) is 9.19. The van der Waals surface area contributed by atoms with E-state index in [4.69, 9.17) is 0 Å². The lowest BCUT2D eigenvalue weighted by Gasteiger charge is -2.57. The summed E-state index contributed by atoms with van der Waals surface area (Å²) < 4.78 is 107. The van der Waals surface area contributed by atoms with E-state index in [9.17, 15) is 40.6 Å². The van der Waals surface area contributed by atoms with Gasteiger partial charge in [0.05, 0.1) is 6.10 Å². The number of rotatable bonds is 5. The van der Waals surface area contributed by atoms with Gasteiger partial charge in [0.2, 0.25) is 0 Å². The van der Waals surface area contributed by atoms with E-state index < -0.39 is 54.5 Å². The minimum Gasteiger partial charge on any atom is -0.393 e. The lowest BCUT2D eigenvalue weighted by atomic mass is 9.48. The van der Waals surface area contributed by atoms with Gasteiger partial charge in [0.1, 0.15) is 6.17 Å². The zero-order valence-corrected chi connectivity index (χ0v) is 21.4. The number of ketones is 1. The van der Waals surface area contributed by atoms with Crippen LogP contribution >= 0.6 is 0 Å². The Morgan fingerprint density at radius 1 is 1.00 bits per heavy atom. The molecule has 2 nitrogen and oxygen atoms in total.